The zero-order valence-electron chi connectivity index (χ0n) is 17.0. The van der Waals surface area contributed by atoms with Gasteiger partial charge in [0.25, 0.3) is 0 Å². The highest BCUT2D eigenvalue weighted by atomic mass is 16.5. The first-order chi connectivity index (χ1) is 13.3. The second-order valence-electron chi connectivity index (χ2n) is 7.62. The van der Waals surface area contributed by atoms with E-state index in [1.807, 2.05) is 57.2 Å². The minimum absolute atomic E-state index is 0.0955. The van der Waals surface area contributed by atoms with E-state index >= 15 is 0 Å². The van der Waals surface area contributed by atoms with Crippen LogP contribution in [0.15, 0.2) is 42.5 Å². The van der Waals surface area contributed by atoms with Crippen molar-refractivity contribution < 1.29 is 19.0 Å². The number of nitrogens with one attached hydrogen (secondary N) is 1. The SMILES string of the molecule is COc1ccc(/C=C/C(=O)N[C@H]2CC(C)(C)Oc3cc(C)ccc32)cc1OC. The fourth-order valence-corrected chi connectivity index (χ4v) is 3.44. The number of carbonyl (C=O) groups is 1. The van der Waals surface area contributed by atoms with Crippen molar-refractivity contribution in [2.24, 2.45) is 0 Å². The summed E-state index contributed by atoms with van der Waals surface area (Å²) < 4.78 is 16.6. The first-order valence-corrected chi connectivity index (χ1v) is 9.31. The molecule has 148 valence electrons. The maximum atomic E-state index is 12.6. The predicted octanol–water partition coefficient (Wildman–Crippen LogP) is 4.44. The number of benzene rings is 2. The van der Waals surface area contributed by atoms with Gasteiger partial charge >= 0.3 is 0 Å². The van der Waals surface area contributed by atoms with Gasteiger partial charge in [0.1, 0.15) is 11.4 Å². The molecule has 0 bridgehead atoms. The second-order valence-corrected chi connectivity index (χ2v) is 7.62. The van der Waals surface area contributed by atoms with Crippen LogP contribution in [0.2, 0.25) is 0 Å². The molecule has 0 aromatic heterocycles. The zero-order chi connectivity index (χ0) is 20.3. The van der Waals surface area contributed by atoms with Crippen molar-refractivity contribution in [1.82, 2.24) is 5.32 Å². The van der Waals surface area contributed by atoms with E-state index in [4.69, 9.17) is 14.2 Å². The lowest BCUT2D eigenvalue weighted by molar-refractivity contribution is -0.117. The van der Waals surface area contributed by atoms with Crippen molar-refractivity contribution in [2.75, 3.05) is 14.2 Å². The molecule has 0 unspecified atom stereocenters. The van der Waals surface area contributed by atoms with E-state index in [-0.39, 0.29) is 17.6 Å². The van der Waals surface area contributed by atoms with Crippen LogP contribution in [0.4, 0.5) is 0 Å². The molecule has 0 fully saturated rings. The number of hydrogen-bond acceptors (Lipinski definition) is 4. The number of hydrogen-bond donors (Lipinski definition) is 1. The van der Waals surface area contributed by atoms with Crippen LogP contribution in [0.3, 0.4) is 0 Å². The van der Waals surface area contributed by atoms with Crippen molar-refractivity contribution in [1.29, 1.82) is 0 Å². The molecule has 2 aromatic rings. The first kappa shape index (κ1) is 19.8. The summed E-state index contributed by atoms with van der Waals surface area (Å²) in [6.45, 7) is 6.11. The Morgan fingerprint density at radius 2 is 1.89 bits per heavy atom. The van der Waals surface area contributed by atoms with Crippen molar-refractivity contribution in [3.05, 3.63) is 59.2 Å². The number of fused-ring (bicyclic) bond motifs is 1. The van der Waals surface area contributed by atoms with E-state index in [9.17, 15) is 4.79 Å². The fourth-order valence-electron chi connectivity index (χ4n) is 3.44. The molecule has 1 N–H and O–H groups in total. The molecule has 0 aliphatic carbocycles. The van der Waals surface area contributed by atoms with Crippen LogP contribution in [-0.4, -0.2) is 25.7 Å². The van der Waals surface area contributed by atoms with Crippen LogP contribution in [0.1, 0.15) is 43.0 Å². The molecule has 1 atom stereocenters. The summed E-state index contributed by atoms with van der Waals surface area (Å²) in [7, 11) is 3.18. The summed E-state index contributed by atoms with van der Waals surface area (Å²) in [4.78, 5) is 12.6. The lowest BCUT2D eigenvalue weighted by atomic mass is 9.89. The van der Waals surface area contributed by atoms with Crippen LogP contribution in [0.5, 0.6) is 17.2 Å². The molecule has 1 aliphatic heterocycles. The van der Waals surface area contributed by atoms with E-state index in [1.54, 1.807) is 20.3 Å². The molecule has 0 spiro atoms. The zero-order valence-corrected chi connectivity index (χ0v) is 17.0. The van der Waals surface area contributed by atoms with E-state index in [0.717, 1.165) is 22.4 Å². The van der Waals surface area contributed by atoms with E-state index in [1.165, 1.54) is 6.08 Å². The number of amides is 1. The smallest absolute Gasteiger partial charge is 0.244 e. The Morgan fingerprint density at radius 1 is 1.14 bits per heavy atom. The Hall–Kier alpha value is -2.95. The normalized spacial score (nSPS) is 17.5. The molecule has 28 heavy (non-hydrogen) atoms. The van der Waals surface area contributed by atoms with Crippen molar-refractivity contribution in [3.63, 3.8) is 0 Å². The minimum atomic E-state index is -0.341. The number of rotatable bonds is 5. The Morgan fingerprint density at radius 3 is 2.61 bits per heavy atom. The Labute approximate surface area is 166 Å². The first-order valence-electron chi connectivity index (χ1n) is 9.31. The second kappa shape index (κ2) is 7.97. The highest BCUT2D eigenvalue weighted by Crippen LogP contribution is 2.39. The van der Waals surface area contributed by atoms with Crippen molar-refractivity contribution >= 4 is 12.0 Å². The Balaban J connectivity index is 1.75. The summed E-state index contributed by atoms with van der Waals surface area (Å²) >= 11 is 0. The third kappa shape index (κ3) is 4.47. The molecular formula is C23H27NO4. The van der Waals surface area contributed by atoms with Crippen molar-refractivity contribution in [2.45, 2.75) is 38.8 Å². The summed E-state index contributed by atoms with van der Waals surface area (Å²) in [5.41, 5.74) is 2.66. The fraction of sp³-hybridized carbons (Fsp3) is 0.348. The largest absolute Gasteiger partial charge is 0.493 e. The summed E-state index contributed by atoms with van der Waals surface area (Å²) in [6, 6.07) is 11.5. The van der Waals surface area contributed by atoms with Crippen LogP contribution in [0.25, 0.3) is 6.08 Å². The molecule has 2 aromatic carbocycles. The minimum Gasteiger partial charge on any atom is -0.493 e. The molecule has 0 saturated carbocycles. The van der Waals surface area contributed by atoms with Crippen LogP contribution < -0.4 is 19.5 Å². The van der Waals surface area contributed by atoms with Gasteiger partial charge in [-0.2, -0.15) is 0 Å². The monoisotopic (exact) mass is 381 g/mol. The average Bonchev–Trinajstić information content (AvgIpc) is 2.64. The topological polar surface area (TPSA) is 56.8 Å². The Kier molecular flexibility index (Phi) is 5.63. The molecule has 5 nitrogen and oxygen atoms in total. The number of aryl methyl sites for hydroxylation is 1. The molecule has 5 heteroatoms. The third-order valence-electron chi connectivity index (χ3n) is 4.78. The van der Waals surface area contributed by atoms with Gasteiger partial charge in [0.05, 0.1) is 20.3 Å². The van der Waals surface area contributed by atoms with Crippen LogP contribution in [-0.2, 0) is 4.79 Å². The Bertz CT molecular complexity index is 901. The van der Waals surface area contributed by atoms with Gasteiger partial charge in [-0.15, -0.1) is 0 Å². The van der Waals surface area contributed by atoms with Gasteiger partial charge < -0.3 is 19.5 Å². The van der Waals surface area contributed by atoms with Gasteiger partial charge in [0.15, 0.2) is 11.5 Å². The quantitative estimate of drug-likeness (QED) is 0.778. The van der Waals surface area contributed by atoms with Crippen LogP contribution in [0, 0.1) is 6.92 Å². The highest BCUT2D eigenvalue weighted by molar-refractivity contribution is 5.92. The third-order valence-corrected chi connectivity index (χ3v) is 4.78. The summed E-state index contributed by atoms with van der Waals surface area (Å²) in [6.07, 6.45) is 4.01. The standard InChI is InChI=1S/C23H27NO4/c1-15-6-9-17-18(14-23(2,3)28-20(17)12-15)24-22(25)11-8-16-7-10-19(26-4)21(13-16)27-5/h6-13,18H,14H2,1-5H3,(H,24,25)/b11-8+/t18-/m0/s1. The molecule has 0 radical (unpaired) electrons. The van der Waals surface area contributed by atoms with Gasteiger partial charge in [-0.05, 0) is 56.2 Å². The van der Waals surface area contributed by atoms with Gasteiger partial charge in [-0.1, -0.05) is 18.2 Å². The van der Waals surface area contributed by atoms with E-state index in [2.05, 4.69) is 5.32 Å². The number of carbonyl (C=O) groups excluding carboxylic acids is 1. The van der Waals surface area contributed by atoms with E-state index in [0.29, 0.717) is 17.9 Å². The number of ether oxygens (including phenoxy) is 3. The molecule has 0 saturated heterocycles. The van der Waals surface area contributed by atoms with Gasteiger partial charge in [0.2, 0.25) is 5.91 Å². The molecule has 1 aliphatic rings. The van der Waals surface area contributed by atoms with Gasteiger partial charge in [-0.3, -0.25) is 4.79 Å². The van der Waals surface area contributed by atoms with Crippen LogP contribution >= 0.6 is 0 Å². The maximum Gasteiger partial charge on any atom is 0.244 e. The molecule has 1 amide bonds. The molecule has 1 heterocycles. The van der Waals surface area contributed by atoms with Gasteiger partial charge in [-0.25, -0.2) is 0 Å². The lowest BCUT2D eigenvalue weighted by Gasteiger charge is -2.38. The molecular weight excluding hydrogens is 354 g/mol. The lowest BCUT2D eigenvalue weighted by Crippen LogP contribution is -2.40. The number of methoxy groups -OCH3 is 2. The molecule has 3 rings (SSSR count). The summed E-state index contributed by atoms with van der Waals surface area (Å²) in [5, 5.41) is 3.11. The summed E-state index contributed by atoms with van der Waals surface area (Å²) in [5.74, 6) is 1.97. The van der Waals surface area contributed by atoms with Crippen molar-refractivity contribution in [3.8, 4) is 17.2 Å². The van der Waals surface area contributed by atoms with Gasteiger partial charge in [0, 0.05) is 18.1 Å². The average molecular weight is 381 g/mol. The predicted molar refractivity (Wildman–Crippen MR) is 110 cm³/mol. The van der Waals surface area contributed by atoms with E-state index < -0.39 is 0 Å². The highest BCUT2D eigenvalue weighted by Gasteiger charge is 2.34. The maximum absolute atomic E-state index is 12.6.